The minimum absolute atomic E-state index is 0.132. The standard InChI is InChI=1S/C21H16BrN3O2S/c1-13-3-2-4-15(9-13)12-27-18-6-5-14(11-17(18)22)10-16-19(23)25-7-8-28-21(25)24-20(16)26/h2-11,23H,12H2,1H3/b16-10-,23-19?. The van der Waals surface area contributed by atoms with Crippen molar-refractivity contribution >= 4 is 50.7 Å². The van der Waals surface area contributed by atoms with Gasteiger partial charge in [0.1, 0.15) is 18.2 Å². The lowest BCUT2D eigenvalue weighted by Crippen LogP contribution is -2.35. The summed E-state index contributed by atoms with van der Waals surface area (Å²) in [7, 11) is 0. The lowest BCUT2D eigenvalue weighted by molar-refractivity contribution is -0.114. The second-order valence-electron chi connectivity index (χ2n) is 6.35. The first-order chi connectivity index (χ1) is 13.5. The van der Waals surface area contributed by atoms with Gasteiger partial charge in [-0.25, -0.2) is 0 Å². The largest absolute Gasteiger partial charge is 0.488 e. The number of ether oxygens (including phenoxy) is 1. The third-order valence-electron chi connectivity index (χ3n) is 4.26. The molecule has 0 fully saturated rings. The van der Waals surface area contributed by atoms with Gasteiger partial charge in [0.15, 0.2) is 5.17 Å². The van der Waals surface area contributed by atoms with Gasteiger partial charge in [0.25, 0.3) is 5.91 Å². The van der Waals surface area contributed by atoms with E-state index in [1.165, 1.54) is 17.3 Å². The van der Waals surface area contributed by atoms with Crippen molar-refractivity contribution in [2.45, 2.75) is 13.5 Å². The topological polar surface area (TPSA) is 65.8 Å². The Bertz CT molecular complexity index is 1080. The van der Waals surface area contributed by atoms with Crippen LogP contribution in [0.15, 0.2) is 69.1 Å². The lowest BCUT2D eigenvalue weighted by Gasteiger charge is -2.22. The number of carbonyl (C=O) groups excluding carboxylic acids is 1. The van der Waals surface area contributed by atoms with Gasteiger partial charge in [0, 0.05) is 6.20 Å². The maximum atomic E-state index is 12.3. The van der Waals surface area contributed by atoms with E-state index in [1.807, 2.05) is 30.3 Å². The fourth-order valence-electron chi connectivity index (χ4n) is 2.88. The molecule has 0 saturated heterocycles. The Labute approximate surface area is 175 Å². The quantitative estimate of drug-likeness (QED) is 0.652. The fraction of sp³-hybridized carbons (Fsp3) is 0.0952. The van der Waals surface area contributed by atoms with Gasteiger partial charge in [-0.05, 0) is 57.6 Å². The highest BCUT2D eigenvalue weighted by Crippen LogP contribution is 2.30. The molecular weight excluding hydrogens is 438 g/mol. The number of nitrogens with zero attached hydrogens (tertiary/aromatic N) is 2. The van der Waals surface area contributed by atoms with Crippen molar-refractivity contribution in [3.63, 3.8) is 0 Å². The molecule has 4 rings (SSSR count). The zero-order valence-corrected chi connectivity index (χ0v) is 17.4. The molecule has 2 aliphatic heterocycles. The van der Waals surface area contributed by atoms with Crippen molar-refractivity contribution in [1.82, 2.24) is 4.90 Å². The maximum absolute atomic E-state index is 12.3. The molecule has 2 heterocycles. The van der Waals surface area contributed by atoms with Gasteiger partial charge >= 0.3 is 0 Å². The predicted molar refractivity (Wildman–Crippen MR) is 116 cm³/mol. The smallest absolute Gasteiger partial charge is 0.283 e. The number of amidine groups is 2. The monoisotopic (exact) mass is 453 g/mol. The highest BCUT2D eigenvalue weighted by atomic mass is 79.9. The maximum Gasteiger partial charge on any atom is 0.283 e. The van der Waals surface area contributed by atoms with Crippen molar-refractivity contribution in [3.05, 3.63) is 80.8 Å². The van der Waals surface area contributed by atoms with Crippen LogP contribution in [-0.2, 0) is 11.4 Å². The minimum atomic E-state index is -0.400. The number of hydrogen-bond donors (Lipinski definition) is 1. The Morgan fingerprint density at radius 2 is 2.14 bits per heavy atom. The molecule has 7 heteroatoms. The first-order valence-corrected chi connectivity index (χ1v) is 10.2. The summed E-state index contributed by atoms with van der Waals surface area (Å²) >= 11 is 4.86. The summed E-state index contributed by atoms with van der Waals surface area (Å²) in [5.74, 6) is 0.448. The Kier molecular flexibility index (Phi) is 5.19. The number of rotatable bonds is 4. The third kappa shape index (κ3) is 3.81. The van der Waals surface area contributed by atoms with E-state index in [-0.39, 0.29) is 11.4 Å². The molecule has 0 bridgehead atoms. The molecular formula is C21H16BrN3O2S. The molecule has 0 radical (unpaired) electrons. The van der Waals surface area contributed by atoms with Crippen LogP contribution in [0.25, 0.3) is 6.08 Å². The Morgan fingerprint density at radius 1 is 1.29 bits per heavy atom. The van der Waals surface area contributed by atoms with Crippen molar-refractivity contribution in [2.24, 2.45) is 4.99 Å². The molecule has 140 valence electrons. The lowest BCUT2D eigenvalue weighted by atomic mass is 10.1. The van der Waals surface area contributed by atoms with Crippen LogP contribution in [0.5, 0.6) is 5.75 Å². The number of fused-ring (bicyclic) bond motifs is 1. The summed E-state index contributed by atoms with van der Waals surface area (Å²) < 4.78 is 6.69. The molecule has 28 heavy (non-hydrogen) atoms. The van der Waals surface area contributed by atoms with Crippen molar-refractivity contribution in [1.29, 1.82) is 5.41 Å². The van der Waals surface area contributed by atoms with E-state index < -0.39 is 5.91 Å². The summed E-state index contributed by atoms with van der Waals surface area (Å²) in [5.41, 5.74) is 3.34. The number of hydrogen-bond acceptors (Lipinski definition) is 4. The fourth-order valence-corrected chi connectivity index (χ4v) is 4.10. The van der Waals surface area contributed by atoms with E-state index in [1.54, 1.807) is 22.6 Å². The molecule has 0 unspecified atom stereocenters. The first-order valence-electron chi connectivity index (χ1n) is 8.55. The highest BCUT2D eigenvalue weighted by molar-refractivity contribution is 9.10. The zero-order chi connectivity index (χ0) is 19.7. The second kappa shape index (κ2) is 7.77. The highest BCUT2D eigenvalue weighted by Gasteiger charge is 2.30. The number of halogens is 1. The Hall–Kier alpha value is -2.64. The van der Waals surface area contributed by atoms with E-state index in [9.17, 15) is 4.79 Å². The van der Waals surface area contributed by atoms with E-state index in [4.69, 9.17) is 10.1 Å². The summed E-state index contributed by atoms with van der Waals surface area (Å²) in [6, 6.07) is 13.8. The number of amides is 1. The van der Waals surface area contributed by atoms with Crippen LogP contribution < -0.4 is 4.74 Å². The molecule has 1 N–H and O–H groups in total. The van der Waals surface area contributed by atoms with Gasteiger partial charge in [-0.1, -0.05) is 47.7 Å². The molecule has 0 aromatic heterocycles. The van der Waals surface area contributed by atoms with Gasteiger partial charge in [-0.2, -0.15) is 4.99 Å². The minimum Gasteiger partial charge on any atom is -0.488 e. The molecule has 1 amide bonds. The van der Waals surface area contributed by atoms with Crippen LogP contribution in [0.1, 0.15) is 16.7 Å². The van der Waals surface area contributed by atoms with Gasteiger partial charge in [0.05, 0.1) is 10.0 Å². The summed E-state index contributed by atoms with van der Waals surface area (Å²) in [4.78, 5) is 17.9. The van der Waals surface area contributed by atoms with Gasteiger partial charge in [0.2, 0.25) is 0 Å². The number of thioether (sulfide) groups is 1. The van der Waals surface area contributed by atoms with E-state index in [0.29, 0.717) is 17.5 Å². The summed E-state index contributed by atoms with van der Waals surface area (Å²) in [6.07, 6.45) is 3.42. The Morgan fingerprint density at radius 3 is 2.93 bits per heavy atom. The molecule has 0 saturated carbocycles. The van der Waals surface area contributed by atoms with Crippen molar-refractivity contribution in [3.8, 4) is 5.75 Å². The first kappa shape index (κ1) is 18.7. The van der Waals surface area contributed by atoms with Crippen LogP contribution in [0.4, 0.5) is 0 Å². The number of nitrogens with one attached hydrogen (secondary N) is 1. The van der Waals surface area contributed by atoms with Crippen LogP contribution in [0.2, 0.25) is 0 Å². The molecule has 0 aliphatic carbocycles. The second-order valence-corrected chi connectivity index (χ2v) is 8.07. The normalized spacial score (nSPS) is 17.1. The number of carbonyl (C=O) groups is 1. The van der Waals surface area contributed by atoms with Gasteiger partial charge in [-0.15, -0.1) is 0 Å². The Balaban J connectivity index is 1.53. The van der Waals surface area contributed by atoms with E-state index >= 15 is 0 Å². The van der Waals surface area contributed by atoms with Crippen LogP contribution in [0.3, 0.4) is 0 Å². The number of aryl methyl sites for hydroxylation is 1. The summed E-state index contributed by atoms with van der Waals surface area (Å²) in [5, 5.41) is 10.6. The molecule has 5 nitrogen and oxygen atoms in total. The van der Waals surface area contributed by atoms with E-state index in [2.05, 4.69) is 40.0 Å². The molecule has 2 aliphatic rings. The number of aliphatic imine (C=N–C) groups is 1. The molecule has 0 atom stereocenters. The third-order valence-corrected chi connectivity index (χ3v) is 5.63. The van der Waals surface area contributed by atoms with Gasteiger partial charge in [-0.3, -0.25) is 15.1 Å². The molecule has 2 aromatic rings. The van der Waals surface area contributed by atoms with Gasteiger partial charge < -0.3 is 4.74 Å². The van der Waals surface area contributed by atoms with Crippen LogP contribution in [0, 0.1) is 12.3 Å². The number of benzene rings is 2. The van der Waals surface area contributed by atoms with Crippen molar-refractivity contribution < 1.29 is 9.53 Å². The van der Waals surface area contributed by atoms with Crippen LogP contribution >= 0.6 is 27.7 Å². The van der Waals surface area contributed by atoms with Crippen molar-refractivity contribution in [2.75, 3.05) is 0 Å². The average molecular weight is 454 g/mol. The average Bonchev–Trinajstić information content (AvgIpc) is 3.13. The molecule has 2 aromatic carbocycles. The van der Waals surface area contributed by atoms with E-state index in [0.717, 1.165) is 15.6 Å². The summed E-state index contributed by atoms with van der Waals surface area (Å²) in [6.45, 7) is 2.52. The predicted octanol–water partition coefficient (Wildman–Crippen LogP) is 5.11. The molecule has 0 spiro atoms. The zero-order valence-electron chi connectivity index (χ0n) is 15.0. The SMILES string of the molecule is Cc1cccc(COc2ccc(/C=C3/C(=N)N4C=CSC4=NC3=O)cc2Br)c1. The van der Waals surface area contributed by atoms with Crippen LogP contribution in [-0.4, -0.2) is 21.8 Å².